The van der Waals surface area contributed by atoms with Crippen LogP contribution >= 0.6 is 23.2 Å². The van der Waals surface area contributed by atoms with Gasteiger partial charge in [-0.2, -0.15) is 0 Å². The predicted octanol–water partition coefficient (Wildman–Crippen LogP) is 5.17. The second-order valence-electron chi connectivity index (χ2n) is 9.21. The number of ketones is 1. The number of carbonyl (C=O) groups excluding carboxylic acids is 2. The number of benzene rings is 2. The van der Waals surface area contributed by atoms with Crippen LogP contribution in [0.2, 0.25) is 10.0 Å². The van der Waals surface area contributed by atoms with Crippen molar-refractivity contribution in [3.05, 3.63) is 69.7 Å². The minimum Gasteiger partial charge on any atom is -0.394 e. The molecule has 1 aliphatic heterocycles. The molecule has 1 heterocycles. The largest absolute Gasteiger partial charge is 0.394 e. The molecule has 1 aliphatic rings. The Hall–Kier alpha value is -1.92. The van der Waals surface area contributed by atoms with Crippen LogP contribution in [-0.2, 0) is 9.59 Å². The first-order valence-corrected chi connectivity index (χ1v) is 12.0. The van der Waals surface area contributed by atoms with E-state index in [1.807, 2.05) is 44.2 Å². The molecule has 3 rings (SSSR count). The number of hydrogen-bond acceptors (Lipinski definition) is 4. The maximum Gasteiger partial charge on any atom is 0.229 e. The molecule has 2 N–H and O–H groups in total. The van der Waals surface area contributed by atoms with Gasteiger partial charge in [0.25, 0.3) is 0 Å². The average molecular weight is 492 g/mol. The van der Waals surface area contributed by atoms with Crippen molar-refractivity contribution in [2.24, 2.45) is 5.41 Å². The fourth-order valence-electron chi connectivity index (χ4n) is 5.18. The summed E-state index contributed by atoms with van der Waals surface area (Å²) in [6, 6.07) is 13.9. The molecule has 7 heteroatoms. The Morgan fingerprint density at radius 2 is 1.82 bits per heavy atom. The molecule has 1 fully saturated rings. The first kappa shape index (κ1) is 25.7. The zero-order chi connectivity index (χ0) is 24.3. The van der Waals surface area contributed by atoms with Gasteiger partial charge in [0.1, 0.15) is 0 Å². The van der Waals surface area contributed by atoms with E-state index in [1.54, 1.807) is 23.1 Å². The number of carbonyl (C=O) groups is 2. The van der Waals surface area contributed by atoms with E-state index in [1.165, 1.54) is 6.92 Å². The lowest BCUT2D eigenvalue weighted by Gasteiger charge is -2.52. The summed E-state index contributed by atoms with van der Waals surface area (Å²) in [7, 11) is 0. The Labute approximate surface area is 205 Å². The normalized spacial score (nSPS) is 25.1. The summed E-state index contributed by atoms with van der Waals surface area (Å²) in [5.74, 6) is -0.483. The molecule has 1 saturated heterocycles. The van der Waals surface area contributed by atoms with Crippen LogP contribution < -0.4 is 0 Å². The predicted molar refractivity (Wildman–Crippen MR) is 130 cm³/mol. The van der Waals surface area contributed by atoms with Gasteiger partial charge in [-0.25, -0.2) is 0 Å². The van der Waals surface area contributed by atoms with Gasteiger partial charge in [0, 0.05) is 21.4 Å². The summed E-state index contributed by atoms with van der Waals surface area (Å²) in [5.41, 5.74) is 0.853. The molecule has 5 atom stereocenters. The molecule has 0 spiro atoms. The van der Waals surface area contributed by atoms with Crippen LogP contribution in [0, 0.1) is 5.41 Å². The summed E-state index contributed by atoms with van der Waals surface area (Å²) < 4.78 is 0. The van der Waals surface area contributed by atoms with E-state index in [4.69, 9.17) is 23.2 Å². The monoisotopic (exact) mass is 491 g/mol. The highest BCUT2D eigenvalue weighted by Crippen LogP contribution is 2.52. The van der Waals surface area contributed by atoms with E-state index in [-0.39, 0.29) is 24.0 Å². The van der Waals surface area contributed by atoms with Crippen LogP contribution in [0.1, 0.15) is 63.1 Å². The van der Waals surface area contributed by atoms with Gasteiger partial charge in [-0.3, -0.25) is 9.59 Å². The van der Waals surface area contributed by atoms with Crippen molar-refractivity contribution in [3.63, 3.8) is 0 Å². The summed E-state index contributed by atoms with van der Waals surface area (Å²) in [6.45, 7) is 4.77. The number of halogens is 2. The molecule has 2 aromatic carbocycles. The van der Waals surface area contributed by atoms with E-state index in [0.29, 0.717) is 22.9 Å². The minimum atomic E-state index is -1.04. The summed E-state index contributed by atoms with van der Waals surface area (Å²) in [5, 5.41) is 20.9. The van der Waals surface area contributed by atoms with Gasteiger partial charge < -0.3 is 15.1 Å². The van der Waals surface area contributed by atoms with Crippen LogP contribution in [0.25, 0.3) is 0 Å². The Kier molecular flexibility index (Phi) is 8.22. The number of aliphatic hydroxyl groups excluding tert-OH is 2. The SMILES string of the molecule is CCC(C(C)=O)N1C(=O)[C@@](C)(CC(O)CO)C[C@H](c2cccc(Cl)c2)[C@H]1c1ccc(Cl)cc1. The maximum atomic E-state index is 14.0. The number of likely N-dealkylation sites (tertiary alicyclic amines) is 1. The summed E-state index contributed by atoms with van der Waals surface area (Å²) in [4.78, 5) is 28.4. The van der Waals surface area contributed by atoms with Crippen molar-refractivity contribution in [3.8, 4) is 0 Å². The van der Waals surface area contributed by atoms with Gasteiger partial charge in [0.2, 0.25) is 5.91 Å². The molecule has 33 heavy (non-hydrogen) atoms. The lowest BCUT2D eigenvalue weighted by Crippen LogP contribution is -2.57. The number of piperidine rings is 1. The van der Waals surface area contributed by atoms with Crippen molar-refractivity contribution in [2.45, 2.75) is 64.1 Å². The summed E-state index contributed by atoms with van der Waals surface area (Å²) >= 11 is 12.5. The molecule has 2 aromatic rings. The number of aliphatic hydroxyl groups is 2. The second-order valence-corrected chi connectivity index (χ2v) is 10.1. The number of Topliss-reactive ketones (excluding diaryl/α,β-unsaturated/α-hetero) is 1. The Morgan fingerprint density at radius 1 is 1.15 bits per heavy atom. The molecule has 178 valence electrons. The molecule has 2 unspecified atom stereocenters. The van der Waals surface area contributed by atoms with Crippen LogP contribution in [0.4, 0.5) is 0 Å². The van der Waals surface area contributed by atoms with Crippen molar-refractivity contribution in [1.29, 1.82) is 0 Å². The third-order valence-electron chi connectivity index (χ3n) is 6.68. The van der Waals surface area contributed by atoms with E-state index in [9.17, 15) is 19.8 Å². The Bertz CT molecular complexity index is 996. The molecule has 0 saturated carbocycles. The molecule has 0 bridgehead atoms. The third kappa shape index (κ3) is 5.43. The Balaban J connectivity index is 2.24. The maximum absolute atomic E-state index is 14.0. The smallest absolute Gasteiger partial charge is 0.229 e. The molecule has 0 radical (unpaired) electrons. The first-order chi connectivity index (χ1) is 15.6. The second kappa shape index (κ2) is 10.6. The summed E-state index contributed by atoms with van der Waals surface area (Å²) in [6.07, 6.45) is -0.0457. The first-order valence-electron chi connectivity index (χ1n) is 11.2. The van der Waals surface area contributed by atoms with Crippen LogP contribution in [0.5, 0.6) is 0 Å². The van der Waals surface area contributed by atoms with E-state index >= 15 is 0 Å². The topological polar surface area (TPSA) is 77.8 Å². The highest BCUT2D eigenvalue weighted by Gasteiger charge is 2.52. The fourth-order valence-corrected chi connectivity index (χ4v) is 5.50. The van der Waals surface area contributed by atoms with Gasteiger partial charge in [-0.05, 0) is 61.6 Å². The zero-order valence-corrected chi connectivity index (χ0v) is 20.7. The van der Waals surface area contributed by atoms with Crippen LogP contribution in [0.3, 0.4) is 0 Å². The number of rotatable bonds is 8. The number of amides is 1. The van der Waals surface area contributed by atoms with Crippen molar-refractivity contribution < 1.29 is 19.8 Å². The van der Waals surface area contributed by atoms with E-state index < -0.39 is 30.2 Å². The van der Waals surface area contributed by atoms with Crippen LogP contribution in [0.15, 0.2) is 48.5 Å². The quantitative estimate of drug-likeness (QED) is 0.533. The van der Waals surface area contributed by atoms with E-state index in [2.05, 4.69) is 0 Å². The molecule has 0 aromatic heterocycles. The molecule has 0 aliphatic carbocycles. The van der Waals surface area contributed by atoms with Gasteiger partial charge in [-0.1, -0.05) is 61.3 Å². The lowest BCUT2D eigenvalue weighted by molar-refractivity contribution is -0.160. The standard InChI is InChI=1S/C26H31Cl2NO4/c1-4-23(16(2)31)29-24(17-8-10-19(27)11-9-17)22(18-6-5-7-20(28)12-18)14-26(3,25(29)33)13-21(32)15-30/h5-12,21-24,30,32H,4,13-15H2,1-3H3/t21?,22-,23?,24-,26+/m1/s1. The highest BCUT2D eigenvalue weighted by molar-refractivity contribution is 6.30. The van der Waals surface area contributed by atoms with Gasteiger partial charge in [0.05, 0.1) is 24.8 Å². The highest BCUT2D eigenvalue weighted by atomic mass is 35.5. The molecular formula is C26H31Cl2NO4. The number of nitrogens with zero attached hydrogens (tertiary/aromatic N) is 1. The molecular weight excluding hydrogens is 461 g/mol. The van der Waals surface area contributed by atoms with Gasteiger partial charge >= 0.3 is 0 Å². The Morgan fingerprint density at radius 3 is 2.36 bits per heavy atom. The van der Waals surface area contributed by atoms with E-state index in [0.717, 1.165) is 11.1 Å². The number of hydrogen-bond donors (Lipinski definition) is 2. The fraction of sp³-hybridized carbons (Fsp3) is 0.462. The molecule has 1 amide bonds. The lowest BCUT2D eigenvalue weighted by atomic mass is 9.66. The van der Waals surface area contributed by atoms with Crippen molar-refractivity contribution in [2.75, 3.05) is 6.61 Å². The van der Waals surface area contributed by atoms with Crippen molar-refractivity contribution >= 4 is 34.9 Å². The van der Waals surface area contributed by atoms with Crippen LogP contribution in [-0.4, -0.2) is 45.6 Å². The molecule has 5 nitrogen and oxygen atoms in total. The van der Waals surface area contributed by atoms with Gasteiger partial charge in [0.15, 0.2) is 5.78 Å². The van der Waals surface area contributed by atoms with Crippen molar-refractivity contribution in [1.82, 2.24) is 4.90 Å². The zero-order valence-electron chi connectivity index (χ0n) is 19.2. The third-order valence-corrected chi connectivity index (χ3v) is 7.17. The minimum absolute atomic E-state index is 0.0948. The van der Waals surface area contributed by atoms with Gasteiger partial charge in [-0.15, -0.1) is 0 Å². The average Bonchev–Trinajstić information content (AvgIpc) is 2.77.